The molecule has 1 aliphatic rings. The quantitative estimate of drug-likeness (QED) is 0.348. The molecule has 0 aliphatic carbocycles. The van der Waals surface area contributed by atoms with Crippen LogP contribution in [0.4, 0.5) is 5.69 Å². The summed E-state index contributed by atoms with van der Waals surface area (Å²) in [5.74, 6) is -0.467. The highest BCUT2D eigenvalue weighted by Crippen LogP contribution is 2.31. The maximum absolute atomic E-state index is 14.0. The highest BCUT2D eigenvalue weighted by molar-refractivity contribution is 7.07. The van der Waals surface area contributed by atoms with Gasteiger partial charge in [0.1, 0.15) is 0 Å². The Morgan fingerprint density at radius 3 is 2.41 bits per heavy atom. The van der Waals surface area contributed by atoms with E-state index < -0.39 is 12.0 Å². The fourth-order valence-electron chi connectivity index (χ4n) is 4.88. The van der Waals surface area contributed by atoms with Crippen molar-refractivity contribution in [1.29, 1.82) is 0 Å². The summed E-state index contributed by atoms with van der Waals surface area (Å²) in [6.07, 6.45) is 1.89. The van der Waals surface area contributed by atoms with E-state index in [1.807, 2.05) is 98.2 Å². The zero-order valence-electron chi connectivity index (χ0n) is 22.9. The Morgan fingerprint density at radius 1 is 1.08 bits per heavy atom. The minimum absolute atomic E-state index is 0.207. The van der Waals surface area contributed by atoms with Crippen molar-refractivity contribution in [2.24, 2.45) is 4.99 Å². The predicted octanol–water partition coefficient (Wildman–Crippen LogP) is 3.67. The third-order valence-electron chi connectivity index (χ3n) is 6.87. The van der Waals surface area contributed by atoms with Gasteiger partial charge < -0.3 is 9.64 Å². The molecule has 39 heavy (non-hydrogen) atoms. The first-order valence-electron chi connectivity index (χ1n) is 12.8. The molecular formula is C30H31N5O3S. The van der Waals surface area contributed by atoms with Gasteiger partial charge in [0, 0.05) is 31.0 Å². The van der Waals surface area contributed by atoms with Crippen molar-refractivity contribution < 1.29 is 9.53 Å². The van der Waals surface area contributed by atoms with Crippen LogP contribution in [0, 0.1) is 13.8 Å². The number of aromatic nitrogens is 3. The fourth-order valence-corrected chi connectivity index (χ4v) is 5.91. The number of thiazole rings is 1. The normalized spacial score (nSPS) is 15.2. The van der Waals surface area contributed by atoms with Gasteiger partial charge in [0.05, 0.1) is 39.8 Å². The zero-order valence-corrected chi connectivity index (χ0v) is 23.7. The van der Waals surface area contributed by atoms with Crippen LogP contribution in [0.1, 0.15) is 42.4 Å². The number of para-hydroxylation sites is 1. The first-order chi connectivity index (χ1) is 18.7. The maximum atomic E-state index is 14.0. The van der Waals surface area contributed by atoms with Crippen LogP contribution >= 0.6 is 11.3 Å². The Hall–Kier alpha value is -4.24. The molecule has 1 atom stereocenters. The number of anilines is 1. The van der Waals surface area contributed by atoms with Crippen LogP contribution in [0.2, 0.25) is 0 Å². The lowest BCUT2D eigenvalue weighted by Crippen LogP contribution is -2.40. The van der Waals surface area contributed by atoms with E-state index in [0.717, 1.165) is 33.9 Å². The minimum Gasteiger partial charge on any atom is -0.463 e. The van der Waals surface area contributed by atoms with Gasteiger partial charge in [0.25, 0.3) is 5.56 Å². The van der Waals surface area contributed by atoms with Gasteiger partial charge in [0.2, 0.25) is 0 Å². The van der Waals surface area contributed by atoms with E-state index in [1.165, 1.54) is 11.3 Å². The van der Waals surface area contributed by atoms with E-state index in [2.05, 4.69) is 4.99 Å². The predicted molar refractivity (Wildman–Crippen MR) is 154 cm³/mol. The number of aryl methyl sites for hydroxylation is 1. The highest BCUT2D eigenvalue weighted by Gasteiger charge is 2.33. The van der Waals surface area contributed by atoms with Gasteiger partial charge in [-0.2, -0.15) is 5.10 Å². The van der Waals surface area contributed by atoms with Crippen LogP contribution in [0.5, 0.6) is 0 Å². The summed E-state index contributed by atoms with van der Waals surface area (Å²) in [5, 5.41) is 4.73. The number of carbonyl (C=O) groups is 1. The number of hydrogen-bond acceptors (Lipinski definition) is 7. The number of fused-ring (bicyclic) bond motifs is 1. The van der Waals surface area contributed by atoms with Crippen LogP contribution in [0.3, 0.4) is 0 Å². The average molecular weight is 542 g/mol. The molecular weight excluding hydrogens is 510 g/mol. The molecule has 1 unspecified atom stereocenters. The number of nitrogens with zero attached hydrogens (tertiary/aromatic N) is 5. The number of hydrogen-bond donors (Lipinski definition) is 0. The number of carbonyl (C=O) groups excluding carboxylic acids is 1. The maximum Gasteiger partial charge on any atom is 0.338 e. The molecule has 8 nitrogen and oxygen atoms in total. The molecule has 0 fully saturated rings. The first kappa shape index (κ1) is 26.4. The lowest BCUT2D eigenvalue weighted by molar-refractivity contribution is -0.139. The monoisotopic (exact) mass is 541 g/mol. The number of ether oxygens (including phenoxy) is 1. The molecule has 3 heterocycles. The fraction of sp³-hybridized carbons (Fsp3) is 0.267. The van der Waals surface area contributed by atoms with Crippen molar-refractivity contribution in [2.45, 2.75) is 33.7 Å². The smallest absolute Gasteiger partial charge is 0.338 e. The van der Waals surface area contributed by atoms with Gasteiger partial charge in [-0.05, 0) is 63.6 Å². The lowest BCUT2D eigenvalue weighted by Gasteiger charge is -2.25. The summed E-state index contributed by atoms with van der Waals surface area (Å²) in [6.45, 7) is 7.73. The van der Waals surface area contributed by atoms with Gasteiger partial charge >= 0.3 is 5.97 Å². The summed E-state index contributed by atoms with van der Waals surface area (Å²) >= 11 is 1.31. The Bertz CT molecular complexity index is 1760. The zero-order chi connectivity index (χ0) is 27.8. The molecule has 0 radical (unpaired) electrons. The summed E-state index contributed by atoms with van der Waals surface area (Å²) < 4.78 is 9.43. The van der Waals surface area contributed by atoms with Gasteiger partial charge in [0.15, 0.2) is 4.80 Å². The van der Waals surface area contributed by atoms with Crippen LogP contribution in [-0.4, -0.2) is 41.0 Å². The Labute approximate surface area is 230 Å². The van der Waals surface area contributed by atoms with Crippen LogP contribution in [0.15, 0.2) is 75.7 Å². The van der Waals surface area contributed by atoms with Crippen LogP contribution < -0.4 is 19.8 Å². The molecule has 0 saturated heterocycles. The topological polar surface area (TPSA) is 81.7 Å². The lowest BCUT2D eigenvalue weighted by atomic mass is 9.95. The Balaban J connectivity index is 1.69. The van der Waals surface area contributed by atoms with Gasteiger partial charge in [-0.1, -0.05) is 41.7 Å². The molecule has 0 N–H and O–H groups in total. The first-order valence-corrected chi connectivity index (χ1v) is 13.6. The second kappa shape index (κ2) is 10.5. The molecule has 2 aromatic heterocycles. The number of rotatable bonds is 6. The van der Waals surface area contributed by atoms with Crippen molar-refractivity contribution >= 4 is 29.1 Å². The standard InChI is InChI=1S/C30H31N5O3S/c1-7-38-29(37)26-19(3)31-30-34(27(26)21-13-15-22(16-14-21)33(5)6)28(36)25(39-30)17-24-18(2)32-35(20(24)4)23-11-9-8-10-12-23/h8-17,27H,7H2,1-6H3. The van der Waals surface area contributed by atoms with Crippen molar-refractivity contribution in [2.75, 3.05) is 25.6 Å². The van der Waals surface area contributed by atoms with E-state index >= 15 is 0 Å². The second-order valence-corrected chi connectivity index (χ2v) is 10.6. The van der Waals surface area contributed by atoms with E-state index in [-0.39, 0.29) is 12.2 Å². The summed E-state index contributed by atoms with van der Waals surface area (Å²) in [5.41, 5.74) is 6.14. The van der Waals surface area contributed by atoms with Gasteiger partial charge in [-0.3, -0.25) is 9.36 Å². The second-order valence-electron chi connectivity index (χ2n) is 9.62. The van der Waals surface area contributed by atoms with Crippen molar-refractivity contribution in [3.63, 3.8) is 0 Å². The molecule has 2 aromatic carbocycles. The number of allylic oxidation sites excluding steroid dienone is 1. The average Bonchev–Trinajstić information content (AvgIpc) is 3.38. The third-order valence-corrected chi connectivity index (χ3v) is 7.85. The molecule has 0 bridgehead atoms. The van der Waals surface area contributed by atoms with Crippen molar-refractivity contribution in [1.82, 2.24) is 14.3 Å². The van der Waals surface area contributed by atoms with Crippen LogP contribution in [0.25, 0.3) is 11.8 Å². The molecule has 1 aliphatic heterocycles. The Morgan fingerprint density at radius 2 is 1.77 bits per heavy atom. The molecule has 4 aromatic rings. The van der Waals surface area contributed by atoms with E-state index in [0.29, 0.717) is 20.6 Å². The SMILES string of the molecule is CCOC(=O)C1=C(C)N=c2sc(=Cc3c(C)nn(-c4ccccc4)c3C)c(=O)n2C1c1ccc(N(C)C)cc1. The summed E-state index contributed by atoms with van der Waals surface area (Å²) in [6, 6.07) is 17.1. The molecule has 200 valence electrons. The van der Waals surface area contributed by atoms with Crippen molar-refractivity contribution in [3.8, 4) is 5.69 Å². The molecule has 5 rings (SSSR count). The third kappa shape index (κ3) is 4.74. The molecule has 0 saturated carbocycles. The highest BCUT2D eigenvalue weighted by atomic mass is 32.1. The summed E-state index contributed by atoms with van der Waals surface area (Å²) in [7, 11) is 3.94. The van der Waals surface area contributed by atoms with Crippen molar-refractivity contribution in [3.05, 3.63) is 108 Å². The molecule has 0 amide bonds. The summed E-state index contributed by atoms with van der Waals surface area (Å²) in [4.78, 5) is 34.3. The number of benzene rings is 2. The Kier molecular flexibility index (Phi) is 7.10. The molecule has 9 heteroatoms. The van der Waals surface area contributed by atoms with E-state index in [9.17, 15) is 9.59 Å². The van der Waals surface area contributed by atoms with Crippen LogP contribution in [-0.2, 0) is 9.53 Å². The van der Waals surface area contributed by atoms with E-state index in [4.69, 9.17) is 9.84 Å². The van der Waals surface area contributed by atoms with Gasteiger partial charge in [-0.15, -0.1) is 0 Å². The van der Waals surface area contributed by atoms with Gasteiger partial charge in [-0.25, -0.2) is 14.5 Å². The minimum atomic E-state index is -0.645. The van der Waals surface area contributed by atoms with E-state index in [1.54, 1.807) is 18.4 Å². The molecule has 0 spiro atoms. The largest absolute Gasteiger partial charge is 0.463 e. The number of esters is 1.